The SMILES string of the molecule is O=C(c1ccc(F)c2ccccc12)N1CC2CCC(C1)O2. The number of halogens is 1. The van der Waals surface area contributed by atoms with Crippen LogP contribution in [0.3, 0.4) is 0 Å². The summed E-state index contributed by atoms with van der Waals surface area (Å²) in [5.74, 6) is -0.310. The molecule has 2 aliphatic rings. The second-order valence-electron chi connectivity index (χ2n) is 5.81. The van der Waals surface area contributed by atoms with Crippen LogP contribution in [0.1, 0.15) is 23.2 Å². The van der Waals surface area contributed by atoms with Crippen LogP contribution in [0.4, 0.5) is 4.39 Å². The fraction of sp³-hybridized carbons (Fsp3) is 0.353. The van der Waals surface area contributed by atoms with Crippen LogP contribution >= 0.6 is 0 Å². The van der Waals surface area contributed by atoms with Crippen LogP contribution in [0, 0.1) is 5.82 Å². The highest BCUT2D eigenvalue weighted by atomic mass is 19.1. The summed E-state index contributed by atoms with van der Waals surface area (Å²) in [6.45, 7) is 1.28. The lowest BCUT2D eigenvalue weighted by Gasteiger charge is -2.32. The molecule has 0 radical (unpaired) electrons. The zero-order valence-corrected chi connectivity index (χ0v) is 11.6. The fourth-order valence-electron chi connectivity index (χ4n) is 3.40. The van der Waals surface area contributed by atoms with Crippen LogP contribution < -0.4 is 0 Å². The first-order valence-corrected chi connectivity index (χ1v) is 7.34. The van der Waals surface area contributed by atoms with Crippen molar-refractivity contribution in [3.05, 3.63) is 47.8 Å². The maximum atomic E-state index is 13.9. The van der Waals surface area contributed by atoms with Crippen molar-refractivity contribution in [3.63, 3.8) is 0 Å². The maximum absolute atomic E-state index is 13.9. The molecule has 0 aromatic heterocycles. The van der Waals surface area contributed by atoms with Crippen molar-refractivity contribution >= 4 is 16.7 Å². The molecule has 3 nitrogen and oxygen atoms in total. The van der Waals surface area contributed by atoms with E-state index in [0.717, 1.165) is 12.8 Å². The Bertz CT molecular complexity index is 703. The van der Waals surface area contributed by atoms with Gasteiger partial charge in [-0.25, -0.2) is 4.39 Å². The minimum atomic E-state index is -0.288. The van der Waals surface area contributed by atoms with E-state index in [1.807, 2.05) is 11.0 Å². The molecule has 2 heterocycles. The summed E-state index contributed by atoms with van der Waals surface area (Å²) < 4.78 is 19.6. The average Bonchev–Trinajstić information content (AvgIpc) is 2.85. The molecule has 2 bridgehead atoms. The summed E-state index contributed by atoms with van der Waals surface area (Å²) >= 11 is 0. The number of likely N-dealkylation sites (tertiary alicyclic amines) is 1. The van der Waals surface area contributed by atoms with Crippen LogP contribution in [-0.4, -0.2) is 36.1 Å². The van der Waals surface area contributed by atoms with Gasteiger partial charge >= 0.3 is 0 Å². The molecule has 21 heavy (non-hydrogen) atoms. The van der Waals surface area contributed by atoms with Gasteiger partial charge in [0, 0.05) is 24.0 Å². The van der Waals surface area contributed by atoms with E-state index in [2.05, 4.69) is 0 Å². The van der Waals surface area contributed by atoms with E-state index in [0.29, 0.717) is 29.4 Å². The standard InChI is InChI=1S/C17H16FNO2/c18-16-8-7-15(13-3-1-2-4-14(13)16)17(20)19-9-11-5-6-12(10-19)21-11/h1-4,7-8,11-12H,5-6,9-10H2. The molecule has 2 aromatic rings. The molecule has 108 valence electrons. The van der Waals surface area contributed by atoms with Crippen LogP contribution in [0.15, 0.2) is 36.4 Å². The largest absolute Gasteiger partial charge is 0.371 e. The van der Waals surface area contributed by atoms with E-state index in [-0.39, 0.29) is 23.9 Å². The third-order valence-electron chi connectivity index (χ3n) is 4.43. The molecule has 4 heteroatoms. The van der Waals surface area contributed by atoms with Gasteiger partial charge in [-0.15, -0.1) is 0 Å². The number of morpholine rings is 1. The van der Waals surface area contributed by atoms with Crippen molar-refractivity contribution in [2.45, 2.75) is 25.0 Å². The third-order valence-corrected chi connectivity index (χ3v) is 4.43. The van der Waals surface area contributed by atoms with Crippen LogP contribution in [0.5, 0.6) is 0 Å². The van der Waals surface area contributed by atoms with Crippen LogP contribution in [0.25, 0.3) is 10.8 Å². The predicted molar refractivity (Wildman–Crippen MR) is 77.7 cm³/mol. The smallest absolute Gasteiger partial charge is 0.254 e. The Morgan fingerprint density at radius 1 is 1.05 bits per heavy atom. The number of rotatable bonds is 1. The second kappa shape index (κ2) is 4.81. The quantitative estimate of drug-likeness (QED) is 0.806. The van der Waals surface area contributed by atoms with Gasteiger partial charge < -0.3 is 9.64 Å². The first-order valence-electron chi connectivity index (χ1n) is 7.34. The fourth-order valence-corrected chi connectivity index (χ4v) is 3.40. The Morgan fingerprint density at radius 2 is 1.71 bits per heavy atom. The third kappa shape index (κ3) is 2.10. The van der Waals surface area contributed by atoms with Gasteiger partial charge in [-0.3, -0.25) is 4.79 Å². The van der Waals surface area contributed by atoms with E-state index in [1.54, 1.807) is 24.3 Å². The highest BCUT2D eigenvalue weighted by Gasteiger charge is 2.36. The number of ether oxygens (including phenoxy) is 1. The molecule has 2 unspecified atom stereocenters. The number of benzene rings is 2. The van der Waals surface area contributed by atoms with Gasteiger partial charge in [-0.2, -0.15) is 0 Å². The van der Waals surface area contributed by atoms with Crippen molar-refractivity contribution in [1.82, 2.24) is 4.90 Å². The first kappa shape index (κ1) is 12.8. The lowest BCUT2D eigenvalue weighted by atomic mass is 10.0. The molecule has 0 spiro atoms. The van der Waals surface area contributed by atoms with Crippen LogP contribution in [0.2, 0.25) is 0 Å². The van der Waals surface area contributed by atoms with Gasteiger partial charge in [-0.05, 0) is 30.4 Å². The summed E-state index contributed by atoms with van der Waals surface area (Å²) in [6, 6.07) is 10.1. The minimum Gasteiger partial charge on any atom is -0.371 e. The topological polar surface area (TPSA) is 29.5 Å². The van der Waals surface area contributed by atoms with Crippen molar-refractivity contribution in [3.8, 4) is 0 Å². The summed E-state index contributed by atoms with van der Waals surface area (Å²) in [7, 11) is 0. The van der Waals surface area contributed by atoms with Gasteiger partial charge in [0.1, 0.15) is 5.82 Å². The van der Waals surface area contributed by atoms with Gasteiger partial charge in [-0.1, -0.05) is 24.3 Å². The van der Waals surface area contributed by atoms with E-state index >= 15 is 0 Å². The second-order valence-corrected chi connectivity index (χ2v) is 5.81. The Balaban J connectivity index is 1.73. The minimum absolute atomic E-state index is 0.0219. The number of fused-ring (bicyclic) bond motifs is 3. The lowest BCUT2D eigenvalue weighted by molar-refractivity contribution is -0.0302. The summed E-state index contributed by atoms with van der Waals surface area (Å²) in [6.07, 6.45) is 2.39. The molecule has 0 N–H and O–H groups in total. The molecular weight excluding hydrogens is 269 g/mol. The summed E-state index contributed by atoms with van der Waals surface area (Å²) in [5, 5.41) is 1.18. The number of carbonyl (C=O) groups is 1. The van der Waals surface area contributed by atoms with Gasteiger partial charge in [0.25, 0.3) is 5.91 Å². The maximum Gasteiger partial charge on any atom is 0.254 e. The number of hydrogen-bond acceptors (Lipinski definition) is 2. The summed E-state index contributed by atoms with van der Waals surface area (Å²) in [4.78, 5) is 14.6. The molecule has 2 fully saturated rings. The van der Waals surface area contributed by atoms with Gasteiger partial charge in [0.05, 0.1) is 12.2 Å². The van der Waals surface area contributed by atoms with Crippen molar-refractivity contribution in [1.29, 1.82) is 0 Å². The van der Waals surface area contributed by atoms with E-state index in [9.17, 15) is 9.18 Å². The van der Waals surface area contributed by atoms with Crippen LogP contribution in [-0.2, 0) is 4.74 Å². The monoisotopic (exact) mass is 285 g/mol. The zero-order chi connectivity index (χ0) is 14.4. The molecule has 0 aliphatic carbocycles. The number of amides is 1. The first-order chi connectivity index (χ1) is 10.2. The number of hydrogen-bond donors (Lipinski definition) is 0. The van der Waals surface area contributed by atoms with Gasteiger partial charge in [0.15, 0.2) is 0 Å². The van der Waals surface area contributed by atoms with Crippen molar-refractivity contribution in [2.75, 3.05) is 13.1 Å². The van der Waals surface area contributed by atoms with Crippen molar-refractivity contribution < 1.29 is 13.9 Å². The van der Waals surface area contributed by atoms with E-state index in [1.165, 1.54) is 6.07 Å². The molecule has 2 atom stereocenters. The Kier molecular flexibility index (Phi) is 2.93. The zero-order valence-electron chi connectivity index (χ0n) is 11.6. The molecule has 1 amide bonds. The Labute approximate surface area is 122 Å². The normalized spacial score (nSPS) is 24.5. The molecule has 0 saturated carbocycles. The molecule has 2 aliphatic heterocycles. The highest BCUT2D eigenvalue weighted by molar-refractivity contribution is 6.07. The van der Waals surface area contributed by atoms with Gasteiger partial charge in [0.2, 0.25) is 0 Å². The Hall–Kier alpha value is -1.94. The molecule has 2 saturated heterocycles. The van der Waals surface area contributed by atoms with E-state index < -0.39 is 0 Å². The average molecular weight is 285 g/mol. The molecular formula is C17H16FNO2. The predicted octanol–water partition coefficient (Wildman–Crippen LogP) is 2.98. The number of carbonyl (C=O) groups excluding carboxylic acids is 1. The molecule has 4 rings (SSSR count). The number of nitrogens with zero attached hydrogens (tertiary/aromatic N) is 1. The summed E-state index contributed by atoms with van der Waals surface area (Å²) in [5.41, 5.74) is 0.577. The Morgan fingerprint density at radius 3 is 2.43 bits per heavy atom. The van der Waals surface area contributed by atoms with E-state index in [4.69, 9.17) is 4.74 Å². The lowest BCUT2D eigenvalue weighted by Crippen LogP contribution is -2.45. The highest BCUT2D eigenvalue weighted by Crippen LogP contribution is 2.29. The molecule has 2 aromatic carbocycles. The van der Waals surface area contributed by atoms with Crippen molar-refractivity contribution in [2.24, 2.45) is 0 Å².